The number of para-hydroxylation sites is 2. The zero-order valence-corrected chi connectivity index (χ0v) is 19.9. The maximum Gasteiger partial charge on any atom is 0.267 e. The molecule has 0 bridgehead atoms. The highest BCUT2D eigenvalue weighted by atomic mass is 35.5. The van der Waals surface area contributed by atoms with Crippen molar-refractivity contribution < 1.29 is 14.3 Å². The van der Waals surface area contributed by atoms with Crippen molar-refractivity contribution >= 4 is 46.4 Å². The third kappa shape index (κ3) is 4.58. The van der Waals surface area contributed by atoms with Gasteiger partial charge >= 0.3 is 0 Å². The molecule has 2 heterocycles. The minimum atomic E-state index is -0.684. The molecule has 0 radical (unpaired) electrons. The van der Waals surface area contributed by atoms with Gasteiger partial charge in [-0.3, -0.25) is 4.79 Å². The Morgan fingerprint density at radius 3 is 2.36 bits per heavy atom. The molecule has 0 saturated carbocycles. The first-order valence-electron chi connectivity index (χ1n) is 10.6. The summed E-state index contributed by atoms with van der Waals surface area (Å²) in [7, 11) is 0. The van der Waals surface area contributed by atoms with Gasteiger partial charge in [-0.15, -0.1) is 0 Å². The van der Waals surface area contributed by atoms with Gasteiger partial charge in [0.2, 0.25) is 6.10 Å². The molecule has 1 saturated heterocycles. The van der Waals surface area contributed by atoms with Gasteiger partial charge in [-0.1, -0.05) is 59.1 Å². The Morgan fingerprint density at radius 1 is 0.879 bits per heavy atom. The highest BCUT2D eigenvalue weighted by molar-refractivity contribution is 6.36. The number of amides is 1. The lowest BCUT2D eigenvalue weighted by Crippen LogP contribution is -2.55. The van der Waals surface area contributed by atoms with Crippen LogP contribution in [0.15, 0.2) is 66.7 Å². The fraction of sp³-hybridized carbons (Fsp3) is 0.240. The van der Waals surface area contributed by atoms with E-state index in [2.05, 4.69) is 4.90 Å². The van der Waals surface area contributed by atoms with E-state index in [4.69, 9.17) is 44.3 Å². The largest absolute Gasteiger partial charge is 0.485 e. The predicted molar refractivity (Wildman–Crippen MR) is 131 cm³/mol. The van der Waals surface area contributed by atoms with Crippen LogP contribution in [0.4, 0.5) is 5.69 Å². The van der Waals surface area contributed by atoms with Gasteiger partial charge in [0.1, 0.15) is 6.61 Å². The van der Waals surface area contributed by atoms with E-state index in [1.165, 1.54) is 0 Å². The van der Waals surface area contributed by atoms with Crippen molar-refractivity contribution in [3.63, 3.8) is 0 Å². The van der Waals surface area contributed by atoms with Crippen LogP contribution >= 0.6 is 34.8 Å². The van der Waals surface area contributed by atoms with Crippen molar-refractivity contribution in [3.05, 3.63) is 87.4 Å². The topological polar surface area (TPSA) is 42.0 Å². The second-order valence-electron chi connectivity index (χ2n) is 8.00. The molecule has 5 rings (SSSR count). The normalized spacial score (nSPS) is 20.0. The van der Waals surface area contributed by atoms with Gasteiger partial charge in [0.15, 0.2) is 11.5 Å². The van der Waals surface area contributed by atoms with Crippen LogP contribution in [0.25, 0.3) is 0 Å². The summed E-state index contributed by atoms with van der Waals surface area (Å²) in [5.41, 5.74) is 1.91. The van der Waals surface area contributed by atoms with E-state index in [9.17, 15) is 4.79 Å². The summed E-state index contributed by atoms with van der Waals surface area (Å²) in [5.74, 6) is 1.15. The first-order valence-corrected chi connectivity index (χ1v) is 11.8. The van der Waals surface area contributed by atoms with E-state index in [0.717, 1.165) is 11.3 Å². The third-order valence-corrected chi connectivity index (χ3v) is 6.74. The average Bonchev–Trinajstić information content (AvgIpc) is 2.84. The molecule has 33 heavy (non-hydrogen) atoms. The van der Waals surface area contributed by atoms with Crippen molar-refractivity contribution in [1.82, 2.24) is 4.90 Å². The second kappa shape index (κ2) is 9.34. The number of ether oxygens (including phenoxy) is 2. The summed E-state index contributed by atoms with van der Waals surface area (Å²) < 4.78 is 11.7. The molecule has 2 unspecified atom stereocenters. The molecule has 2 aliphatic rings. The summed E-state index contributed by atoms with van der Waals surface area (Å²) >= 11 is 18.8. The van der Waals surface area contributed by atoms with Crippen molar-refractivity contribution in [2.75, 3.05) is 31.1 Å². The van der Waals surface area contributed by atoms with E-state index in [0.29, 0.717) is 46.2 Å². The molecule has 0 aliphatic carbocycles. The number of anilines is 1. The molecule has 0 aromatic heterocycles. The molecular formula is C25H21Cl3N2O3. The lowest BCUT2D eigenvalue weighted by Gasteiger charge is -2.44. The number of carbonyl (C=O) groups is 1. The second-order valence-corrected chi connectivity index (χ2v) is 9.29. The van der Waals surface area contributed by atoms with E-state index >= 15 is 0 Å². The molecule has 1 fully saturated rings. The molecule has 5 nitrogen and oxygen atoms in total. The van der Waals surface area contributed by atoms with E-state index in [-0.39, 0.29) is 18.6 Å². The molecule has 3 aromatic carbocycles. The van der Waals surface area contributed by atoms with Gasteiger partial charge < -0.3 is 19.3 Å². The minimum Gasteiger partial charge on any atom is -0.485 e. The SMILES string of the molecule is O=C(C1COc2ccccc2O1)N1CCN(c2ccc(Cl)cc2Cl)C(c2ccc(Cl)cc2)C1. The molecular weight excluding hydrogens is 483 g/mol. The third-order valence-electron chi connectivity index (χ3n) is 5.95. The number of nitrogens with zero attached hydrogens (tertiary/aromatic N) is 2. The smallest absolute Gasteiger partial charge is 0.267 e. The lowest BCUT2D eigenvalue weighted by atomic mass is 10.0. The van der Waals surface area contributed by atoms with Crippen LogP contribution in [0.5, 0.6) is 11.5 Å². The molecule has 0 spiro atoms. The van der Waals surface area contributed by atoms with Gasteiger partial charge in [-0.2, -0.15) is 0 Å². The Morgan fingerprint density at radius 2 is 1.61 bits per heavy atom. The summed E-state index contributed by atoms with van der Waals surface area (Å²) in [6.07, 6.45) is -0.684. The Kier molecular flexibility index (Phi) is 6.28. The van der Waals surface area contributed by atoms with Gasteiger partial charge in [0, 0.05) is 29.7 Å². The fourth-order valence-corrected chi connectivity index (χ4v) is 4.94. The number of carbonyl (C=O) groups excluding carboxylic acids is 1. The first kappa shape index (κ1) is 22.2. The Hall–Kier alpha value is -2.60. The number of hydrogen-bond donors (Lipinski definition) is 0. The quantitative estimate of drug-likeness (QED) is 0.448. The molecule has 3 aromatic rings. The highest BCUT2D eigenvalue weighted by Gasteiger charge is 2.37. The predicted octanol–water partition coefficient (Wildman–Crippen LogP) is 5.88. The maximum atomic E-state index is 13.4. The zero-order valence-electron chi connectivity index (χ0n) is 17.6. The van der Waals surface area contributed by atoms with Gasteiger partial charge in [0.25, 0.3) is 5.91 Å². The Bertz CT molecular complexity index is 1170. The standard InChI is InChI=1S/C25H21Cl3N2O3/c26-17-7-5-16(6-8-17)21-14-29(11-12-30(21)20-10-9-18(27)13-19(20)28)25(31)24-15-32-22-3-1-2-4-23(22)33-24/h1-10,13,21,24H,11-12,14-15H2. The summed E-state index contributed by atoms with van der Waals surface area (Å²) in [6, 6.07) is 20.4. The van der Waals surface area contributed by atoms with Crippen LogP contribution in [-0.4, -0.2) is 43.2 Å². The molecule has 2 aliphatic heterocycles. The summed E-state index contributed by atoms with van der Waals surface area (Å²) in [4.78, 5) is 17.4. The first-order chi connectivity index (χ1) is 16.0. The van der Waals surface area contributed by atoms with Crippen LogP contribution in [0.2, 0.25) is 15.1 Å². The zero-order chi connectivity index (χ0) is 22.9. The maximum absolute atomic E-state index is 13.4. The molecule has 1 amide bonds. The van der Waals surface area contributed by atoms with E-state index in [1.807, 2.05) is 65.6 Å². The van der Waals surface area contributed by atoms with E-state index < -0.39 is 6.10 Å². The fourth-order valence-electron chi connectivity index (χ4n) is 4.30. The number of fused-ring (bicyclic) bond motifs is 1. The van der Waals surface area contributed by atoms with E-state index in [1.54, 1.807) is 6.07 Å². The Balaban J connectivity index is 1.41. The van der Waals surface area contributed by atoms with Crippen molar-refractivity contribution in [2.45, 2.75) is 12.1 Å². The van der Waals surface area contributed by atoms with Crippen molar-refractivity contribution in [2.24, 2.45) is 0 Å². The van der Waals surface area contributed by atoms with Crippen molar-refractivity contribution in [1.29, 1.82) is 0 Å². The monoisotopic (exact) mass is 502 g/mol. The summed E-state index contributed by atoms with van der Waals surface area (Å²) in [5, 5.41) is 1.81. The number of rotatable bonds is 3. The number of halogens is 3. The van der Waals surface area contributed by atoms with Crippen LogP contribution in [0, 0.1) is 0 Å². The molecule has 170 valence electrons. The molecule has 2 atom stereocenters. The van der Waals surface area contributed by atoms with Gasteiger partial charge in [-0.25, -0.2) is 0 Å². The Labute approximate surface area is 207 Å². The number of benzene rings is 3. The number of piperazine rings is 1. The highest BCUT2D eigenvalue weighted by Crippen LogP contribution is 2.37. The molecule has 8 heteroatoms. The average molecular weight is 504 g/mol. The van der Waals surface area contributed by atoms with Gasteiger partial charge in [0.05, 0.1) is 16.8 Å². The van der Waals surface area contributed by atoms with Gasteiger partial charge in [-0.05, 0) is 48.0 Å². The summed E-state index contributed by atoms with van der Waals surface area (Å²) in [6.45, 7) is 1.79. The van der Waals surface area contributed by atoms with Crippen molar-refractivity contribution in [3.8, 4) is 11.5 Å². The van der Waals surface area contributed by atoms with Crippen LogP contribution in [0.1, 0.15) is 11.6 Å². The minimum absolute atomic E-state index is 0.0923. The van der Waals surface area contributed by atoms with Crippen LogP contribution in [0.3, 0.4) is 0 Å². The number of hydrogen-bond acceptors (Lipinski definition) is 4. The van der Waals surface area contributed by atoms with Crippen LogP contribution < -0.4 is 14.4 Å². The molecule has 0 N–H and O–H groups in total. The lowest BCUT2D eigenvalue weighted by molar-refractivity contribution is -0.142. The van der Waals surface area contributed by atoms with Crippen LogP contribution in [-0.2, 0) is 4.79 Å².